The number of hydrogen-bond donors (Lipinski definition) is 0. The second kappa shape index (κ2) is 9.19. The summed E-state index contributed by atoms with van der Waals surface area (Å²) in [7, 11) is 0. The van der Waals surface area contributed by atoms with Crippen molar-refractivity contribution in [2.75, 3.05) is 6.61 Å². The third-order valence-electron chi connectivity index (χ3n) is 5.95. The Morgan fingerprint density at radius 1 is 0.844 bits per heavy atom. The van der Waals surface area contributed by atoms with Crippen LogP contribution in [0.25, 0.3) is 11.1 Å². The molecule has 0 fully saturated rings. The fourth-order valence-electron chi connectivity index (χ4n) is 4.29. The first-order valence-corrected chi connectivity index (χ1v) is 10.8. The maximum atomic E-state index is 12.8. The predicted octanol–water partition coefficient (Wildman–Crippen LogP) is 6.61. The number of halogens is 3. The Hall–Kier alpha value is -3.08. The van der Waals surface area contributed by atoms with Crippen molar-refractivity contribution in [2.24, 2.45) is 0 Å². The van der Waals surface area contributed by atoms with Gasteiger partial charge >= 0.3 is 6.18 Å². The molecule has 0 bridgehead atoms. The molecule has 0 heterocycles. The zero-order valence-electron chi connectivity index (χ0n) is 18.0. The van der Waals surface area contributed by atoms with Crippen LogP contribution in [0.15, 0.2) is 60.7 Å². The summed E-state index contributed by atoms with van der Waals surface area (Å²) in [6.07, 6.45) is 0.598. The standard InChI is InChI=1S/C27H25F3O2/c1-18(31)17-32-26-16-13-22(24-3-2-4-25(24)26)10-7-19-5-8-20(9-6-19)21-11-14-23(15-12-21)27(28,29)30/h5-6,8-9,11-16H,2-4,7,10,17H2,1H3. The van der Waals surface area contributed by atoms with Gasteiger partial charge in [0.25, 0.3) is 0 Å². The van der Waals surface area contributed by atoms with Crippen LogP contribution in [-0.2, 0) is 36.7 Å². The van der Waals surface area contributed by atoms with E-state index in [1.165, 1.54) is 41.3 Å². The number of carbonyl (C=O) groups is 1. The smallest absolute Gasteiger partial charge is 0.416 e. The van der Waals surface area contributed by atoms with Crippen LogP contribution in [0.3, 0.4) is 0 Å². The number of hydrogen-bond acceptors (Lipinski definition) is 2. The van der Waals surface area contributed by atoms with Gasteiger partial charge in [0.2, 0.25) is 0 Å². The van der Waals surface area contributed by atoms with Gasteiger partial charge in [0, 0.05) is 0 Å². The van der Waals surface area contributed by atoms with Gasteiger partial charge in [-0.1, -0.05) is 42.5 Å². The molecule has 2 nitrogen and oxygen atoms in total. The van der Waals surface area contributed by atoms with Gasteiger partial charge in [0.1, 0.15) is 12.4 Å². The first-order chi connectivity index (χ1) is 15.3. The van der Waals surface area contributed by atoms with Gasteiger partial charge in [-0.05, 0) is 90.6 Å². The van der Waals surface area contributed by atoms with Crippen LogP contribution in [0.5, 0.6) is 5.75 Å². The lowest BCUT2D eigenvalue weighted by atomic mass is 9.95. The molecule has 0 saturated heterocycles. The molecule has 166 valence electrons. The molecule has 3 aromatic rings. The van der Waals surface area contributed by atoms with Crippen molar-refractivity contribution in [1.29, 1.82) is 0 Å². The summed E-state index contributed by atoms with van der Waals surface area (Å²) < 4.78 is 44.0. The van der Waals surface area contributed by atoms with Gasteiger partial charge in [0.05, 0.1) is 5.56 Å². The van der Waals surface area contributed by atoms with Crippen LogP contribution < -0.4 is 4.74 Å². The maximum absolute atomic E-state index is 12.8. The molecule has 0 atom stereocenters. The van der Waals surface area contributed by atoms with Crippen molar-refractivity contribution < 1.29 is 22.7 Å². The van der Waals surface area contributed by atoms with Gasteiger partial charge in [-0.25, -0.2) is 0 Å². The normalized spacial score (nSPS) is 13.1. The zero-order valence-corrected chi connectivity index (χ0v) is 18.0. The summed E-state index contributed by atoms with van der Waals surface area (Å²) in [5.74, 6) is 0.845. The van der Waals surface area contributed by atoms with E-state index in [9.17, 15) is 18.0 Å². The summed E-state index contributed by atoms with van der Waals surface area (Å²) in [6.45, 7) is 1.63. The SMILES string of the molecule is CC(=O)COc1ccc(CCc2ccc(-c3ccc(C(F)(F)F)cc3)cc2)c2c1CCC2. The Labute approximate surface area is 186 Å². The van der Waals surface area contributed by atoms with Gasteiger partial charge < -0.3 is 4.74 Å². The molecule has 0 aromatic heterocycles. The fraction of sp³-hybridized carbons (Fsp3) is 0.296. The number of Topliss-reactive ketones (excluding diaryl/α,β-unsaturated/α-hetero) is 1. The largest absolute Gasteiger partial charge is 0.486 e. The molecule has 4 rings (SSSR count). The second-order valence-electron chi connectivity index (χ2n) is 8.30. The minimum Gasteiger partial charge on any atom is -0.486 e. The van der Waals surface area contributed by atoms with E-state index in [4.69, 9.17) is 4.74 Å². The molecule has 0 N–H and O–H groups in total. The van der Waals surface area contributed by atoms with Crippen LogP contribution in [-0.4, -0.2) is 12.4 Å². The zero-order chi connectivity index (χ0) is 22.7. The van der Waals surface area contributed by atoms with E-state index in [2.05, 4.69) is 6.07 Å². The number of alkyl halides is 3. The number of carbonyl (C=O) groups excluding carboxylic acids is 1. The lowest BCUT2D eigenvalue weighted by Crippen LogP contribution is -2.08. The number of fused-ring (bicyclic) bond motifs is 1. The Balaban J connectivity index is 1.43. The van der Waals surface area contributed by atoms with Crippen molar-refractivity contribution in [3.05, 3.63) is 88.5 Å². The third-order valence-corrected chi connectivity index (χ3v) is 5.95. The molecule has 0 aliphatic heterocycles. The quantitative estimate of drug-likeness (QED) is 0.415. The van der Waals surface area contributed by atoms with E-state index in [0.29, 0.717) is 0 Å². The highest BCUT2D eigenvalue weighted by Crippen LogP contribution is 2.34. The van der Waals surface area contributed by atoms with Crippen molar-refractivity contribution in [2.45, 2.75) is 45.2 Å². The molecule has 1 aliphatic carbocycles. The molecular formula is C27H25F3O2. The topological polar surface area (TPSA) is 26.3 Å². The van der Waals surface area contributed by atoms with Crippen LogP contribution in [0.4, 0.5) is 13.2 Å². The molecule has 0 radical (unpaired) electrons. The number of ketones is 1. The molecule has 0 spiro atoms. The van der Waals surface area contributed by atoms with Gasteiger partial charge in [-0.3, -0.25) is 4.79 Å². The highest BCUT2D eigenvalue weighted by Gasteiger charge is 2.30. The average molecular weight is 438 g/mol. The Kier molecular flexibility index (Phi) is 6.35. The Bertz CT molecular complexity index is 1100. The summed E-state index contributed by atoms with van der Waals surface area (Å²) >= 11 is 0. The van der Waals surface area contributed by atoms with Gasteiger partial charge in [0.15, 0.2) is 5.78 Å². The average Bonchev–Trinajstić information content (AvgIpc) is 3.27. The van der Waals surface area contributed by atoms with E-state index >= 15 is 0 Å². The maximum Gasteiger partial charge on any atom is 0.416 e. The fourth-order valence-corrected chi connectivity index (χ4v) is 4.29. The van der Waals surface area contributed by atoms with Crippen LogP contribution in [0, 0.1) is 0 Å². The highest BCUT2D eigenvalue weighted by atomic mass is 19.4. The summed E-state index contributed by atoms with van der Waals surface area (Å²) in [5, 5.41) is 0. The van der Waals surface area contributed by atoms with E-state index in [1.54, 1.807) is 0 Å². The monoisotopic (exact) mass is 438 g/mol. The molecule has 5 heteroatoms. The molecule has 3 aromatic carbocycles. The second-order valence-corrected chi connectivity index (χ2v) is 8.30. The third kappa shape index (κ3) is 5.04. The lowest BCUT2D eigenvalue weighted by molar-refractivity contribution is -0.137. The van der Waals surface area contributed by atoms with E-state index in [-0.39, 0.29) is 12.4 Å². The summed E-state index contributed by atoms with van der Waals surface area (Å²) in [5.41, 5.74) is 6.12. The highest BCUT2D eigenvalue weighted by molar-refractivity contribution is 5.77. The minimum absolute atomic E-state index is 0.0144. The molecule has 1 aliphatic rings. The summed E-state index contributed by atoms with van der Waals surface area (Å²) in [6, 6.07) is 17.3. The van der Waals surface area contributed by atoms with Crippen LogP contribution >= 0.6 is 0 Å². The van der Waals surface area contributed by atoms with Crippen molar-refractivity contribution in [3.63, 3.8) is 0 Å². The molecular weight excluding hydrogens is 413 g/mol. The van der Waals surface area contributed by atoms with Crippen molar-refractivity contribution in [1.82, 2.24) is 0 Å². The first-order valence-electron chi connectivity index (χ1n) is 10.8. The number of aryl methyl sites for hydroxylation is 2. The van der Waals surface area contributed by atoms with Gasteiger partial charge in [-0.15, -0.1) is 0 Å². The number of rotatable bonds is 7. The Morgan fingerprint density at radius 2 is 1.47 bits per heavy atom. The van der Waals surface area contributed by atoms with Crippen LogP contribution in [0.2, 0.25) is 0 Å². The molecule has 32 heavy (non-hydrogen) atoms. The molecule has 0 unspecified atom stereocenters. The first kappa shape index (κ1) is 22.1. The van der Waals surface area contributed by atoms with Crippen molar-refractivity contribution >= 4 is 5.78 Å². The van der Waals surface area contributed by atoms with E-state index in [0.717, 1.165) is 61.1 Å². The lowest BCUT2D eigenvalue weighted by Gasteiger charge is -2.14. The Morgan fingerprint density at radius 3 is 2.09 bits per heavy atom. The number of benzene rings is 3. The van der Waals surface area contributed by atoms with Crippen molar-refractivity contribution in [3.8, 4) is 16.9 Å². The minimum atomic E-state index is -4.32. The van der Waals surface area contributed by atoms with Crippen LogP contribution in [0.1, 0.15) is 41.2 Å². The number of ether oxygens (including phenoxy) is 1. The molecule has 0 amide bonds. The van der Waals surface area contributed by atoms with E-state index in [1.807, 2.05) is 30.3 Å². The molecule has 0 saturated carbocycles. The van der Waals surface area contributed by atoms with Gasteiger partial charge in [-0.2, -0.15) is 13.2 Å². The summed E-state index contributed by atoms with van der Waals surface area (Å²) in [4.78, 5) is 11.2. The van der Waals surface area contributed by atoms with E-state index < -0.39 is 11.7 Å². The predicted molar refractivity (Wildman–Crippen MR) is 119 cm³/mol.